The molecule has 0 spiro atoms. The summed E-state index contributed by atoms with van der Waals surface area (Å²) in [5, 5.41) is 13.5. The Labute approximate surface area is 184 Å². The molecule has 162 valence electrons. The lowest BCUT2D eigenvalue weighted by Gasteiger charge is -2.17. The molecule has 0 bridgehead atoms. The average Bonchev–Trinajstić information content (AvgIpc) is 2.83. The van der Waals surface area contributed by atoms with Crippen molar-refractivity contribution in [2.24, 2.45) is 0 Å². The molecule has 0 aliphatic carbocycles. The third kappa shape index (κ3) is 5.42. The lowest BCUT2D eigenvalue weighted by atomic mass is 9.99. The molecule has 3 aromatic rings. The van der Waals surface area contributed by atoms with Crippen molar-refractivity contribution in [3.8, 4) is 0 Å². The highest BCUT2D eigenvalue weighted by Gasteiger charge is 2.23. The van der Waals surface area contributed by atoms with Crippen LogP contribution in [0.3, 0.4) is 0 Å². The molecule has 32 heavy (non-hydrogen) atoms. The van der Waals surface area contributed by atoms with Crippen molar-refractivity contribution in [1.29, 1.82) is 0 Å². The highest BCUT2D eigenvalue weighted by atomic mass is 16.6. The number of methoxy groups -OCH3 is 1. The van der Waals surface area contributed by atoms with Crippen molar-refractivity contribution >= 4 is 23.3 Å². The van der Waals surface area contributed by atoms with Gasteiger partial charge in [-0.25, -0.2) is 4.79 Å². The number of ketones is 1. The number of amides is 1. The van der Waals surface area contributed by atoms with Crippen LogP contribution in [0.15, 0.2) is 78.9 Å². The second kappa shape index (κ2) is 10.1. The normalized spacial score (nSPS) is 11.3. The van der Waals surface area contributed by atoms with Gasteiger partial charge in [0, 0.05) is 35.2 Å². The zero-order valence-electron chi connectivity index (χ0n) is 17.2. The predicted octanol–water partition coefficient (Wildman–Crippen LogP) is 3.34. The molecule has 8 heteroatoms. The fourth-order valence-corrected chi connectivity index (χ4v) is 3.12. The molecule has 1 N–H and O–H groups in total. The number of non-ortho nitro benzene ring substituents is 1. The molecular weight excluding hydrogens is 412 g/mol. The van der Waals surface area contributed by atoms with Crippen LogP contribution >= 0.6 is 0 Å². The largest absolute Gasteiger partial charge is 0.467 e. The van der Waals surface area contributed by atoms with E-state index in [0.717, 1.165) is 6.07 Å². The van der Waals surface area contributed by atoms with Crippen LogP contribution in [-0.2, 0) is 16.0 Å². The van der Waals surface area contributed by atoms with E-state index >= 15 is 0 Å². The second-order valence-corrected chi connectivity index (χ2v) is 6.95. The Morgan fingerprint density at radius 3 is 2.16 bits per heavy atom. The molecule has 0 aliphatic rings. The minimum Gasteiger partial charge on any atom is -0.467 e. The fourth-order valence-electron chi connectivity index (χ4n) is 3.12. The van der Waals surface area contributed by atoms with Gasteiger partial charge in [-0.3, -0.25) is 19.7 Å². The van der Waals surface area contributed by atoms with Gasteiger partial charge in [0.1, 0.15) is 6.04 Å². The Morgan fingerprint density at radius 1 is 0.906 bits per heavy atom. The minimum absolute atomic E-state index is 0.0527. The van der Waals surface area contributed by atoms with E-state index in [9.17, 15) is 24.5 Å². The summed E-state index contributed by atoms with van der Waals surface area (Å²) in [5.41, 5.74) is 1.58. The van der Waals surface area contributed by atoms with E-state index < -0.39 is 22.8 Å². The van der Waals surface area contributed by atoms with Crippen LogP contribution in [0, 0.1) is 10.1 Å². The van der Waals surface area contributed by atoms with Gasteiger partial charge in [0.15, 0.2) is 5.78 Å². The van der Waals surface area contributed by atoms with Crippen LogP contribution in [0.5, 0.6) is 0 Å². The first-order chi connectivity index (χ1) is 15.4. The van der Waals surface area contributed by atoms with E-state index in [1.54, 1.807) is 48.5 Å². The second-order valence-electron chi connectivity index (χ2n) is 6.95. The minimum atomic E-state index is -1.01. The number of carbonyl (C=O) groups excluding carboxylic acids is 3. The number of hydrogen-bond donors (Lipinski definition) is 1. The van der Waals surface area contributed by atoms with Crippen LogP contribution in [0.2, 0.25) is 0 Å². The Hall–Kier alpha value is -4.33. The highest BCUT2D eigenvalue weighted by Crippen LogP contribution is 2.15. The first-order valence-corrected chi connectivity index (χ1v) is 9.71. The van der Waals surface area contributed by atoms with E-state index in [2.05, 4.69) is 5.32 Å². The van der Waals surface area contributed by atoms with Gasteiger partial charge in [-0.05, 0) is 11.6 Å². The monoisotopic (exact) mass is 432 g/mol. The molecule has 0 unspecified atom stereocenters. The number of rotatable bonds is 8. The van der Waals surface area contributed by atoms with Gasteiger partial charge in [-0.2, -0.15) is 0 Å². The molecule has 1 atom stereocenters. The van der Waals surface area contributed by atoms with Crippen LogP contribution < -0.4 is 5.32 Å². The van der Waals surface area contributed by atoms with Crippen LogP contribution in [0.4, 0.5) is 5.69 Å². The Bertz CT molecular complexity index is 1140. The van der Waals surface area contributed by atoms with Gasteiger partial charge < -0.3 is 10.1 Å². The first kappa shape index (κ1) is 22.4. The third-order valence-electron chi connectivity index (χ3n) is 4.80. The molecule has 0 fully saturated rings. The predicted molar refractivity (Wildman–Crippen MR) is 116 cm³/mol. The average molecular weight is 432 g/mol. The summed E-state index contributed by atoms with van der Waals surface area (Å²) in [6, 6.07) is 19.8. The van der Waals surface area contributed by atoms with Gasteiger partial charge in [0.05, 0.1) is 12.0 Å². The number of carbonyl (C=O) groups is 3. The highest BCUT2D eigenvalue weighted by molar-refractivity contribution is 6.09. The summed E-state index contributed by atoms with van der Waals surface area (Å²) in [4.78, 5) is 47.6. The van der Waals surface area contributed by atoms with E-state index in [4.69, 9.17) is 4.74 Å². The summed E-state index contributed by atoms with van der Waals surface area (Å²) >= 11 is 0. The van der Waals surface area contributed by atoms with Gasteiger partial charge >= 0.3 is 5.97 Å². The molecule has 0 aromatic heterocycles. The van der Waals surface area contributed by atoms with Crippen molar-refractivity contribution < 1.29 is 24.0 Å². The topological polar surface area (TPSA) is 116 Å². The molecule has 3 aromatic carbocycles. The molecule has 0 aliphatic heterocycles. The number of nitrogens with zero attached hydrogens (tertiary/aromatic N) is 1. The quantitative estimate of drug-likeness (QED) is 0.253. The molecule has 8 nitrogen and oxygen atoms in total. The Kier molecular flexibility index (Phi) is 7.07. The number of hydrogen-bond acceptors (Lipinski definition) is 6. The standard InChI is InChI=1S/C24H20N2O6/c1-32-24(29)21(25-23(28)19-8-5-9-20(15-19)26(30)31)14-16-10-12-18(13-11-16)22(27)17-6-3-2-4-7-17/h2-13,15,21H,14H2,1H3,(H,25,28)/t21-/m1/s1. The molecule has 0 saturated heterocycles. The van der Waals surface area contributed by atoms with E-state index in [1.807, 2.05) is 6.07 Å². The van der Waals surface area contributed by atoms with E-state index in [-0.39, 0.29) is 23.5 Å². The zero-order valence-corrected chi connectivity index (χ0v) is 17.2. The molecule has 3 rings (SSSR count). The smallest absolute Gasteiger partial charge is 0.328 e. The maximum atomic E-state index is 12.6. The van der Waals surface area contributed by atoms with Crippen molar-refractivity contribution in [2.75, 3.05) is 7.11 Å². The summed E-state index contributed by atoms with van der Waals surface area (Å²) in [5.74, 6) is -1.42. The van der Waals surface area contributed by atoms with Gasteiger partial charge in [-0.15, -0.1) is 0 Å². The van der Waals surface area contributed by atoms with Gasteiger partial charge in [0.2, 0.25) is 0 Å². The summed E-state index contributed by atoms with van der Waals surface area (Å²) in [7, 11) is 1.20. The first-order valence-electron chi connectivity index (χ1n) is 9.71. The number of nitro groups is 1. The number of nitro benzene ring substituents is 1. The molecule has 1 amide bonds. The molecular formula is C24H20N2O6. The van der Waals surface area contributed by atoms with Crippen LogP contribution in [0.25, 0.3) is 0 Å². The summed E-state index contributed by atoms with van der Waals surface area (Å²) < 4.78 is 4.79. The number of benzene rings is 3. The SMILES string of the molecule is COC(=O)[C@@H](Cc1ccc(C(=O)c2ccccc2)cc1)NC(=O)c1cccc([N+](=O)[O-])c1. The molecule has 0 saturated carbocycles. The van der Waals surface area contributed by atoms with Crippen molar-refractivity contribution in [3.05, 3.63) is 111 Å². The number of ether oxygens (including phenoxy) is 1. The number of nitrogens with one attached hydrogen (secondary N) is 1. The van der Waals surface area contributed by atoms with E-state index in [0.29, 0.717) is 16.7 Å². The lowest BCUT2D eigenvalue weighted by molar-refractivity contribution is -0.384. The summed E-state index contributed by atoms with van der Waals surface area (Å²) in [6.07, 6.45) is 0.118. The Morgan fingerprint density at radius 2 is 1.53 bits per heavy atom. The zero-order chi connectivity index (χ0) is 23.1. The third-order valence-corrected chi connectivity index (χ3v) is 4.80. The van der Waals surface area contributed by atoms with Crippen LogP contribution in [0.1, 0.15) is 31.8 Å². The van der Waals surface area contributed by atoms with Crippen molar-refractivity contribution in [3.63, 3.8) is 0 Å². The van der Waals surface area contributed by atoms with Crippen LogP contribution in [-0.4, -0.2) is 35.7 Å². The van der Waals surface area contributed by atoms with Gasteiger partial charge in [0.25, 0.3) is 11.6 Å². The van der Waals surface area contributed by atoms with Crippen molar-refractivity contribution in [1.82, 2.24) is 5.32 Å². The van der Waals surface area contributed by atoms with Gasteiger partial charge in [-0.1, -0.05) is 60.7 Å². The van der Waals surface area contributed by atoms with Crippen molar-refractivity contribution in [2.45, 2.75) is 12.5 Å². The summed E-state index contributed by atoms with van der Waals surface area (Å²) in [6.45, 7) is 0. The van der Waals surface area contributed by atoms with E-state index in [1.165, 1.54) is 25.3 Å². The molecule has 0 radical (unpaired) electrons. The maximum absolute atomic E-state index is 12.6. The molecule has 0 heterocycles. The Balaban J connectivity index is 1.74. The lowest BCUT2D eigenvalue weighted by Crippen LogP contribution is -2.43. The number of esters is 1. The maximum Gasteiger partial charge on any atom is 0.328 e. The fraction of sp³-hybridized carbons (Fsp3) is 0.125.